The maximum atomic E-state index is 12.5. The molecule has 0 radical (unpaired) electrons. The van der Waals surface area contributed by atoms with Gasteiger partial charge < -0.3 is 14.9 Å². The van der Waals surface area contributed by atoms with Gasteiger partial charge in [0.25, 0.3) is 0 Å². The van der Waals surface area contributed by atoms with E-state index in [9.17, 15) is 15.0 Å². The summed E-state index contributed by atoms with van der Waals surface area (Å²) in [5.41, 5.74) is 1.06. The molecule has 1 heterocycles. The third-order valence-electron chi connectivity index (χ3n) is 6.16. The molecule has 1 saturated carbocycles. The summed E-state index contributed by atoms with van der Waals surface area (Å²) < 4.78 is 5.29. The molecule has 5 nitrogen and oxygen atoms in total. The number of methoxy groups -OCH3 is 1. The van der Waals surface area contributed by atoms with Crippen LogP contribution in [-0.2, 0) is 6.42 Å². The number of rotatable bonds is 6. The summed E-state index contributed by atoms with van der Waals surface area (Å²) in [4.78, 5) is 14.7. The van der Waals surface area contributed by atoms with E-state index in [1.54, 1.807) is 31.4 Å². The summed E-state index contributed by atoms with van der Waals surface area (Å²) in [6.07, 6.45) is 2.20. The molecule has 1 aliphatic carbocycles. The Kier molecular flexibility index (Phi) is 5.13. The van der Waals surface area contributed by atoms with Crippen LogP contribution in [0.2, 0.25) is 0 Å². The molecule has 2 aliphatic rings. The molecule has 28 heavy (non-hydrogen) atoms. The molecule has 2 aromatic carbocycles. The Morgan fingerprint density at radius 2 is 1.82 bits per heavy atom. The molecule has 148 valence electrons. The minimum Gasteiger partial charge on any atom is -0.508 e. The molecule has 0 amide bonds. The number of aliphatic hydroxyl groups is 1. The number of Topliss-reactive ketones (excluding diaryl/α,β-unsaturated/α-hetero) is 1. The summed E-state index contributed by atoms with van der Waals surface area (Å²) in [6, 6.07) is 14.3. The highest BCUT2D eigenvalue weighted by Gasteiger charge is 2.48. The Hall–Kier alpha value is -2.37. The Labute approximate surface area is 165 Å². The maximum absolute atomic E-state index is 12.5. The first-order chi connectivity index (χ1) is 13.4. The van der Waals surface area contributed by atoms with E-state index in [0.717, 1.165) is 37.2 Å². The molecule has 2 aromatic rings. The van der Waals surface area contributed by atoms with Crippen molar-refractivity contribution < 1.29 is 19.7 Å². The van der Waals surface area contributed by atoms with Crippen LogP contribution in [0.15, 0.2) is 48.5 Å². The number of ketones is 1. The first-order valence-corrected chi connectivity index (χ1v) is 9.84. The van der Waals surface area contributed by atoms with Crippen molar-refractivity contribution in [1.29, 1.82) is 0 Å². The summed E-state index contributed by atoms with van der Waals surface area (Å²) in [7, 11) is 1.65. The van der Waals surface area contributed by atoms with Crippen molar-refractivity contribution in [2.24, 2.45) is 11.8 Å². The van der Waals surface area contributed by atoms with Gasteiger partial charge in [-0.2, -0.15) is 0 Å². The monoisotopic (exact) mass is 381 g/mol. The molecule has 4 rings (SSSR count). The Morgan fingerprint density at radius 3 is 2.46 bits per heavy atom. The van der Waals surface area contributed by atoms with Gasteiger partial charge in [-0.05, 0) is 66.6 Å². The highest BCUT2D eigenvalue weighted by molar-refractivity contribution is 5.97. The third-order valence-corrected chi connectivity index (χ3v) is 6.16. The third kappa shape index (κ3) is 4.05. The zero-order chi connectivity index (χ0) is 19.7. The zero-order valence-electron chi connectivity index (χ0n) is 16.2. The quantitative estimate of drug-likeness (QED) is 0.753. The molecule has 2 N–H and O–H groups in total. The van der Waals surface area contributed by atoms with Gasteiger partial charge in [-0.15, -0.1) is 0 Å². The Balaban J connectivity index is 1.33. The number of aromatic hydroxyl groups is 1. The van der Waals surface area contributed by atoms with Gasteiger partial charge in [-0.1, -0.05) is 12.1 Å². The number of hydrogen-bond acceptors (Lipinski definition) is 5. The number of carbonyl (C=O) groups excluding carboxylic acids is 1. The fourth-order valence-electron chi connectivity index (χ4n) is 4.94. The van der Waals surface area contributed by atoms with Crippen LogP contribution in [0.3, 0.4) is 0 Å². The average molecular weight is 381 g/mol. The second-order valence-electron chi connectivity index (χ2n) is 8.35. The number of phenols is 1. The van der Waals surface area contributed by atoms with E-state index in [4.69, 9.17) is 4.74 Å². The molecule has 0 spiro atoms. The minimum absolute atomic E-state index is 0.0756. The molecule has 2 unspecified atom stereocenters. The standard InChI is InChI=1S/C23H27NO4/c1-28-21-4-2-3-16(9-21)10-23(27)11-18-13-24(14-19(18)12-23)15-22(26)17-5-7-20(25)8-6-17/h2-9,18-19,25,27H,10-15H2,1H3. The lowest BCUT2D eigenvalue weighted by Crippen LogP contribution is -2.34. The smallest absolute Gasteiger partial charge is 0.176 e. The molecule has 2 atom stereocenters. The van der Waals surface area contributed by atoms with Crippen LogP contribution in [0.4, 0.5) is 0 Å². The van der Waals surface area contributed by atoms with Crippen LogP contribution in [-0.4, -0.2) is 53.2 Å². The molecular formula is C23H27NO4. The number of nitrogens with zero attached hydrogens (tertiary/aromatic N) is 1. The van der Waals surface area contributed by atoms with Crippen LogP contribution in [0.1, 0.15) is 28.8 Å². The highest BCUT2D eigenvalue weighted by atomic mass is 16.5. The normalized spacial score (nSPS) is 26.9. The van der Waals surface area contributed by atoms with E-state index in [2.05, 4.69) is 4.90 Å². The van der Waals surface area contributed by atoms with Gasteiger partial charge in [0.2, 0.25) is 0 Å². The molecule has 0 aromatic heterocycles. The van der Waals surface area contributed by atoms with Gasteiger partial charge in [0.05, 0.1) is 19.3 Å². The fourth-order valence-corrected chi connectivity index (χ4v) is 4.94. The molecule has 1 saturated heterocycles. The van der Waals surface area contributed by atoms with Crippen molar-refractivity contribution in [1.82, 2.24) is 4.90 Å². The lowest BCUT2D eigenvalue weighted by molar-refractivity contribution is 0.0355. The van der Waals surface area contributed by atoms with E-state index >= 15 is 0 Å². The number of ether oxygens (including phenoxy) is 1. The number of phenolic OH excluding ortho intramolecular Hbond substituents is 1. The molecular weight excluding hydrogens is 354 g/mol. The summed E-state index contributed by atoms with van der Waals surface area (Å²) in [5, 5.41) is 20.5. The lowest BCUT2D eigenvalue weighted by Gasteiger charge is -2.26. The zero-order valence-corrected chi connectivity index (χ0v) is 16.2. The van der Waals surface area contributed by atoms with Gasteiger partial charge >= 0.3 is 0 Å². The predicted molar refractivity (Wildman–Crippen MR) is 107 cm³/mol. The van der Waals surface area contributed by atoms with Gasteiger partial charge in [0.15, 0.2) is 5.78 Å². The lowest BCUT2D eigenvalue weighted by atomic mass is 9.91. The van der Waals surface area contributed by atoms with Crippen LogP contribution in [0.25, 0.3) is 0 Å². The van der Waals surface area contributed by atoms with Crippen LogP contribution < -0.4 is 4.74 Å². The Bertz CT molecular complexity index is 834. The molecule has 2 fully saturated rings. The number of benzene rings is 2. The van der Waals surface area contributed by atoms with Gasteiger partial charge in [0, 0.05) is 25.1 Å². The topological polar surface area (TPSA) is 70.0 Å². The van der Waals surface area contributed by atoms with Crippen molar-refractivity contribution in [3.63, 3.8) is 0 Å². The predicted octanol–water partition coefficient (Wildman–Crippen LogP) is 2.90. The Morgan fingerprint density at radius 1 is 1.14 bits per heavy atom. The SMILES string of the molecule is COc1cccc(CC2(O)CC3CN(CC(=O)c4ccc(O)cc4)CC3C2)c1. The molecule has 0 bridgehead atoms. The second-order valence-corrected chi connectivity index (χ2v) is 8.35. The summed E-state index contributed by atoms with van der Waals surface area (Å²) in [6.45, 7) is 2.11. The van der Waals surface area contributed by atoms with Crippen LogP contribution in [0, 0.1) is 11.8 Å². The average Bonchev–Trinajstić information content (AvgIpc) is 3.16. The van der Waals surface area contributed by atoms with Crippen molar-refractivity contribution >= 4 is 5.78 Å². The number of likely N-dealkylation sites (tertiary alicyclic amines) is 1. The summed E-state index contributed by atoms with van der Waals surface area (Å²) in [5.74, 6) is 1.93. The van der Waals surface area contributed by atoms with Crippen molar-refractivity contribution in [2.75, 3.05) is 26.7 Å². The van der Waals surface area contributed by atoms with Gasteiger partial charge in [-0.25, -0.2) is 0 Å². The molecule has 1 aliphatic heterocycles. The first-order valence-electron chi connectivity index (χ1n) is 9.84. The van der Waals surface area contributed by atoms with E-state index in [0.29, 0.717) is 30.4 Å². The first kappa shape index (κ1) is 19.0. The minimum atomic E-state index is -0.672. The van der Waals surface area contributed by atoms with Crippen molar-refractivity contribution in [3.8, 4) is 11.5 Å². The number of fused-ring (bicyclic) bond motifs is 1. The van der Waals surface area contributed by atoms with Crippen molar-refractivity contribution in [3.05, 3.63) is 59.7 Å². The van der Waals surface area contributed by atoms with Crippen LogP contribution in [0.5, 0.6) is 11.5 Å². The van der Waals surface area contributed by atoms with E-state index in [-0.39, 0.29) is 11.5 Å². The van der Waals surface area contributed by atoms with E-state index < -0.39 is 5.60 Å². The molecule has 5 heteroatoms. The fraction of sp³-hybridized carbons (Fsp3) is 0.435. The van der Waals surface area contributed by atoms with Crippen molar-refractivity contribution in [2.45, 2.75) is 24.9 Å². The number of hydrogen-bond donors (Lipinski definition) is 2. The maximum Gasteiger partial charge on any atom is 0.176 e. The van der Waals surface area contributed by atoms with E-state index in [1.807, 2.05) is 24.3 Å². The summed E-state index contributed by atoms with van der Waals surface area (Å²) >= 11 is 0. The van der Waals surface area contributed by atoms with Crippen LogP contribution >= 0.6 is 0 Å². The highest BCUT2D eigenvalue weighted by Crippen LogP contribution is 2.45. The van der Waals surface area contributed by atoms with Gasteiger partial charge in [-0.3, -0.25) is 9.69 Å². The van der Waals surface area contributed by atoms with E-state index in [1.165, 1.54) is 0 Å². The second kappa shape index (κ2) is 7.57. The number of carbonyl (C=O) groups is 1. The van der Waals surface area contributed by atoms with Gasteiger partial charge in [0.1, 0.15) is 11.5 Å². The largest absolute Gasteiger partial charge is 0.508 e.